The van der Waals surface area contributed by atoms with Crippen LogP contribution in [0.25, 0.3) is 0 Å². The summed E-state index contributed by atoms with van der Waals surface area (Å²) in [5, 5.41) is 9.60. The Kier molecular flexibility index (Phi) is 7.08. The molecule has 0 saturated carbocycles. The molecule has 114 valence electrons. The first kappa shape index (κ1) is 16.5. The van der Waals surface area contributed by atoms with E-state index < -0.39 is 0 Å². The van der Waals surface area contributed by atoms with Crippen LogP contribution in [0.1, 0.15) is 49.8 Å². The molecule has 0 aromatic carbocycles. The highest BCUT2D eigenvalue weighted by Crippen LogP contribution is 2.15. The summed E-state index contributed by atoms with van der Waals surface area (Å²) in [5.41, 5.74) is 7.47. The number of ether oxygens (including phenoxy) is 1. The summed E-state index contributed by atoms with van der Waals surface area (Å²) in [6.45, 7) is 8.23. The molecule has 0 atom stereocenters. The van der Waals surface area contributed by atoms with Crippen molar-refractivity contribution < 1.29 is 9.53 Å². The summed E-state index contributed by atoms with van der Waals surface area (Å²) < 4.78 is 5.44. The standard InChI is InChI=1S/C14H26N4O2/c1-4-6-11-12(15)13(18-17-11)14(19)16-7-5-8-20-9-10(2)3/h10H,4-9,15H2,1-3H3,(H,16,19)(H,17,18). The zero-order valence-electron chi connectivity index (χ0n) is 12.7. The molecule has 1 aromatic heterocycles. The molecule has 1 heterocycles. The Balaban J connectivity index is 2.29. The maximum Gasteiger partial charge on any atom is 0.273 e. The highest BCUT2D eigenvalue weighted by molar-refractivity contribution is 5.97. The number of aromatic amines is 1. The van der Waals surface area contributed by atoms with Gasteiger partial charge in [0, 0.05) is 19.8 Å². The van der Waals surface area contributed by atoms with Gasteiger partial charge in [-0.1, -0.05) is 27.2 Å². The average molecular weight is 282 g/mol. The summed E-state index contributed by atoms with van der Waals surface area (Å²) in [4.78, 5) is 11.9. The van der Waals surface area contributed by atoms with Gasteiger partial charge in [0.25, 0.3) is 5.91 Å². The van der Waals surface area contributed by atoms with E-state index in [2.05, 4.69) is 36.3 Å². The minimum atomic E-state index is -0.232. The predicted octanol–water partition coefficient (Wildman–Crippen LogP) is 1.74. The molecule has 0 aliphatic rings. The number of nitrogen functional groups attached to an aromatic ring is 1. The van der Waals surface area contributed by atoms with Gasteiger partial charge in [0.1, 0.15) is 0 Å². The van der Waals surface area contributed by atoms with Gasteiger partial charge in [-0.2, -0.15) is 5.10 Å². The Morgan fingerprint density at radius 1 is 1.50 bits per heavy atom. The van der Waals surface area contributed by atoms with Crippen molar-refractivity contribution in [2.75, 3.05) is 25.5 Å². The summed E-state index contributed by atoms with van der Waals surface area (Å²) >= 11 is 0. The molecule has 0 saturated heterocycles. The molecule has 1 aromatic rings. The maximum absolute atomic E-state index is 11.9. The molecular weight excluding hydrogens is 256 g/mol. The summed E-state index contributed by atoms with van der Waals surface area (Å²) in [5.74, 6) is 0.301. The molecular formula is C14H26N4O2. The number of rotatable bonds is 9. The van der Waals surface area contributed by atoms with Gasteiger partial charge in [0.05, 0.1) is 11.4 Å². The van der Waals surface area contributed by atoms with Crippen molar-refractivity contribution in [2.45, 2.75) is 40.0 Å². The number of aromatic nitrogens is 2. The molecule has 0 aliphatic carbocycles. The van der Waals surface area contributed by atoms with E-state index in [1.807, 2.05) is 0 Å². The lowest BCUT2D eigenvalue weighted by atomic mass is 10.2. The van der Waals surface area contributed by atoms with Crippen LogP contribution in [0.2, 0.25) is 0 Å². The second-order valence-electron chi connectivity index (χ2n) is 5.29. The topological polar surface area (TPSA) is 93.0 Å². The largest absolute Gasteiger partial charge is 0.395 e. The summed E-state index contributed by atoms with van der Waals surface area (Å²) in [7, 11) is 0. The molecule has 6 heteroatoms. The maximum atomic E-state index is 11.9. The third-order valence-electron chi connectivity index (χ3n) is 2.80. The van der Waals surface area contributed by atoms with Crippen molar-refractivity contribution in [1.29, 1.82) is 0 Å². The molecule has 0 spiro atoms. The first-order valence-corrected chi connectivity index (χ1v) is 7.24. The highest BCUT2D eigenvalue weighted by atomic mass is 16.5. The number of carbonyl (C=O) groups excluding carboxylic acids is 1. The minimum absolute atomic E-state index is 0.232. The van der Waals surface area contributed by atoms with Crippen molar-refractivity contribution in [2.24, 2.45) is 5.92 Å². The van der Waals surface area contributed by atoms with Crippen LogP contribution in [-0.4, -0.2) is 35.9 Å². The number of nitrogens with zero attached hydrogens (tertiary/aromatic N) is 1. The first-order chi connectivity index (χ1) is 9.56. The van der Waals surface area contributed by atoms with Gasteiger partial charge in [0.2, 0.25) is 0 Å². The van der Waals surface area contributed by atoms with Crippen molar-refractivity contribution in [3.63, 3.8) is 0 Å². The highest BCUT2D eigenvalue weighted by Gasteiger charge is 2.16. The van der Waals surface area contributed by atoms with Crippen LogP contribution in [0.3, 0.4) is 0 Å². The fourth-order valence-electron chi connectivity index (χ4n) is 1.78. The number of hydrogen-bond acceptors (Lipinski definition) is 4. The van der Waals surface area contributed by atoms with Gasteiger partial charge in [-0.3, -0.25) is 9.89 Å². The van der Waals surface area contributed by atoms with Crippen LogP contribution in [0.5, 0.6) is 0 Å². The molecule has 6 nitrogen and oxygen atoms in total. The van der Waals surface area contributed by atoms with Crippen molar-refractivity contribution in [3.05, 3.63) is 11.4 Å². The molecule has 0 radical (unpaired) electrons. The van der Waals surface area contributed by atoms with E-state index in [9.17, 15) is 4.79 Å². The van der Waals surface area contributed by atoms with Crippen molar-refractivity contribution >= 4 is 11.6 Å². The fraction of sp³-hybridized carbons (Fsp3) is 0.714. The number of anilines is 1. The normalized spacial score (nSPS) is 11.0. The van der Waals surface area contributed by atoms with Crippen LogP contribution >= 0.6 is 0 Å². The molecule has 1 amide bonds. The third-order valence-corrected chi connectivity index (χ3v) is 2.80. The second-order valence-corrected chi connectivity index (χ2v) is 5.29. The Morgan fingerprint density at radius 2 is 2.25 bits per heavy atom. The Bertz CT molecular complexity index is 415. The van der Waals surface area contributed by atoms with Crippen LogP contribution in [-0.2, 0) is 11.2 Å². The molecule has 1 rings (SSSR count). The van der Waals surface area contributed by atoms with E-state index in [0.717, 1.165) is 31.6 Å². The molecule has 0 unspecified atom stereocenters. The van der Waals surface area contributed by atoms with Crippen molar-refractivity contribution in [3.8, 4) is 0 Å². The van der Waals surface area contributed by atoms with Gasteiger partial charge in [-0.15, -0.1) is 0 Å². The SMILES string of the molecule is CCCc1[nH]nc(C(=O)NCCCOCC(C)C)c1N. The van der Waals surface area contributed by atoms with Gasteiger partial charge >= 0.3 is 0 Å². The summed E-state index contributed by atoms with van der Waals surface area (Å²) in [6, 6.07) is 0. The van der Waals surface area contributed by atoms with E-state index in [-0.39, 0.29) is 11.6 Å². The van der Waals surface area contributed by atoms with Crippen molar-refractivity contribution in [1.82, 2.24) is 15.5 Å². The van der Waals surface area contributed by atoms with Gasteiger partial charge in [-0.05, 0) is 18.8 Å². The zero-order valence-corrected chi connectivity index (χ0v) is 12.7. The Hall–Kier alpha value is -1.56. The molecule has 0 bridgehead atoms. The first-order valence-electron chi connectivity index (χ1n) is 7.24. The Labute approximate surface area is 120 Å². The van der Waals surface area contributed by atoms with Gasteiger partial charge in [0.15, 0.2) is 5.69 Å². The Morgan fingerprint density at radius 3 is 2.90 bits per heavy atom. The van der Waals surface area contributed by atoms with Crippen LogP contribution < -0.4 is 11.1 Å². The number of amides is 1. The second kappa shape index (κ2) is 8.58. The molecule has 4 N–H and O–H groups in total. The number of aryl methyl sites for hydroxylation is 1. The number of H-pyrrole nitrogens is 1. The van der Waals surface area contributed by atoms with Gasteiger partial charge < -0.3 is 15.8 Å². The quantitative estimate of drug-likeness (QED) is 0.601. The smallest absolute Gasteiger partial charge is 0.273 e. The lowest BCUT2D eigenvalue weighted by Crippen LogP contribution is -2.26. The number of nitrogens with one attached hydrogen (secondary N) is 2. The van der Waals surface area contributed by atoms with Gasteiger partial charge in [-0.25, -0.2) is 0 Å². The zero-order chi connectivity index (χ0) is 15.0. The minimum Gasteiger partial charge on any atom is -0.395 e. The molecule has 0 fully saturated rings. The average Bonchev–Trinajstić information content (AvgIpc) is 2.75. The molecule has 0 aliphatic heterocycles. The van der Waals surface area contributed by atoms with Crippen LogP contribution in [0, 0.1) is 5.92 Å². The van der Waals surface area contributed by atoms with Crippen LogP contribution in [0.4, 0.5) is 5.69 Å². The third kappa shape index (κ3) is 5.21. The summed E-state index contributed by atoms with van der Waals surface area (Å²) in [6.07, 6.45) is 2.54. The van der Waals surface area contributed by atoms with E-state index >= 15 is 0 Å². The monoisotopic (exact) mass is 282 g/mol. The van der Waals surface area contributed by atoms with E-state index in [1.165, 1.54) is 0 Å². The van der Waals surface area contributed by atoms with E-state index in [0.29, 0.717) is 24.8 Å². The lowest BCUT2D eigenvalue weighted by Gasteiger charge is -2.07. The fourth-order valence-corrected chi connectivity index (χ4v) is 1.78. The van der Waals surface area contributed by atoms with E-state index in [1.54, 1.807) is 0 Å². The number of hydrogen-bond donors (Lipinski definition) is 3. The number of nitrogens with two attached hydrogens (primary N) is 1. The number of carbonyl (C=O) groups is 1. The van der Waals surface area contributed by atoms with E-state index in [4.69, 9.17) is 10.5 Å². The van der Waals surface area contributed by atoms with Crippen LogP contribution in [0.15, 0.2) is 0 Å². The lowest BCUT2D eigenvalue weighted by molar-refractivity contribution is 0.0921. The molecule has 20 heavy (non-hydrogen) atoms. The predicted molar refractivity (Wildman–Crippen MR) is 79.6 cm³/mol.